The molecule has 0 fully saturated rings. The van der Waals surface area contributed by atoms with Gasteiger partial charge in [-0.2, -0.15) is 5.26 Å². The highest BCUT2D eigenvalue weighted by Crippen LogP contribution is 2.36. The summed E-state index contributed by atoms with van der Waals surface area (Å²) in [6, 6.07) is 13.9. The van der Waals surface area contributed by atoms with Gasteiger partial charge >= 0.3 is 0 Å². The van der Waals surface area contributed by atoms with E-state index in [-0.39, 0.29) is 6.79 Å². The molecule has 0 saturated carbocycles. The minimum absolute atomic E-state index is 0.239. The number of aryl methyl sites for hydroxylation is 1. The second-order valence-corrected chi connectivity index (χ2v) is 7.62. The van der Waals surface area contributed by atoms with Gasteiger partial charge < -0.3 is 14.8 Å². The standard InChI is InChI=1S/C20H14BrN3O2S/c1-12-2-4-16(15(21)6-12)23-9-14(8-22)20-24-17(10-27-20)13-3-5-18-19(7-13)26-11-25-18/h2-7,9-10,23H,11H2,1H3/b14-9+. The molecule has 0 saturated heterocycles. The topological polar surface area (TPSA) is 67.2 Å². The van der Waals surface area contributed by atoms with Crippen LogP contribution in [0.5, 0.6) is 11.5 Å². The lowest BCUT2D eigenvalue weighted by atomic mass is 10.1. The Morgan fingerprint density at radius 2 is 2.11 bits per heavy atom. The van der Waals surface area contributed by atoms with Crippen LogP contribution in [0.1, 0.15) is 10.6 Å². The average molecular weight is 440 g/mol. The molecule has 1 N–H and O–H groups in total. The van der Waals surface area contributed by atoms with Crippen LogP contribution in [-0.2, 0) is 0 Å². The van der Waals surface area contributed by atoms with Crippen molar-refractivity contribution in [2.24, 2.45) is 0 Å². The van der Waals surface area contributed by atoms with E-state index in [1.807, 2.05) is 48.7 Å². The Morgan fingerprint density at radius 3 is 2.93 bits per heavy atom. The van der Waals surface area contributed by atoms with E-state index in [2.05, 4.69) is 32.3 Å². The number of anilines is 1. The lowest BCUT2D eigenvalue weighted by Crippen LogP contribution is -1.93. The Bertz CT molecular complexity index is 1090. The number of aromatic nitrogens is 1. The fourth-order valence-corrected chi connectivity index (χ4v) is 4.02. The molecule has 134 valence electrons. The van der Waals surface area contributed by atoms with Gasteiger partial charge in [0.15, 0.2) is 11.5 Å². The van der Waals surface area contributed by atoms with E-state index in [1.165, 1.54) is 11.3 Å². The molecule has 2 heterocycles. The summed E-state index contributed by atoms with van der Waals surface area (Å²) in [4.78, 5) is 4.61. The number of allylic oxidation sites excluding steroid dienone is 1. The highest BCUT2D eigenvalue weighted by molar-refractivity contribution is 9.10. The lowest BCUT2D eigenvalue weighted by molar-refractivity contribution is 0.174. The summed E-state index contributed by atoms with van der Waals surface area (Å²) in [5.41, 5.74) is 4.24. The molecular formula is C20H14BrN3O2S. The van der Waals surface area contributed by atoms with Crippen molar-refractivity contribution in [3.8, 4) is 28.8 Å². The molecule has 0 aliphatic carbocycles. The van der Waals surface area contributed by atoms with Gasteiger partial charge in [0.05, 0.1) is 11.4 Å². The maximum Gasteiger partial charge on any atom is 0.231 e. The predicted octanol–water partition coefficient (Wildman–Crippen LogP) is 5.59. The van der Waals surface area contributed by atoms with Gasteiger partial charge in [0.25, 0.3) is 0 Å². The number of hydrogen-bond donors (Lipinski definition) is 1. The average Bonchev–Trinajstić information content (AvgIpc) is 3.32. The SMILES string of the molecule is Cc1ccc(N/C=C(\C#N)c2nc(-c3ccc4c(c3)OCO4)cs2)c(Br)c1. The normalized spacial score (nSPS) is 12.7. The minimum Gasteiger partial charge on any atom is -0.454 e. The molecule has 0 atom stereocenters. The number of nitrogens with one attached hydrogen (secondary N) is 1. The highest BCUT2D eigenvalue weighted by atomic mass is 79.9. The maximum absolute atomic E-state index is 9.54. The zero-order valence-corrected chi connectivity index (χ0v) is 16.7. The summed E-state index contributed by atoms with van der Waals surface area (Å²) >= 11 is 4.95. The van der Waals surface area contributed by atoms with Crippen molar-refractivity contribution in [2.75, 3.05) is 12.1 Å². The first-order valence-corrected chi connectivity index (χ1v) is 9.80. The van der Waals surface area contributed by atoms with Crippen molar-refractivity contribution in [3.63, 3.8) is 0 Å². The lowest BCUT2D eigenvalue weighted by Gasteiger charge is -2.05. The molecule has 0 spiro atoms. The molecule has 0 amide bonds. The van der Waals surface area contributed by atoms with Crippen LogP contribution in [0.2, 0.25) is 0 Å². The van der Waals surface area contributed by atoms with Gasteiger partial charge in [-0.25, -0.2) is 4.98 Å². The van der Waals surface area contributed by atoms with Crippen molar-refractivity contribution >= 4 is 38.5 Å². The molecule has 5 nitrogen and oxygen atoms in total. The van der Waals surface area contributed by atoms with Crippen LogP contribution in [0.4, 0.5) is 5.69 Å². The van der Waals surface area contributed by atoms with Crippen LogP contribution in [0.15, 0.2) is 52.5 Å². The number of rotatable bonds is 4. The number of thiazole rings is 1. The molecule has 0 radical (unpaired) electrons. The second kappa shape index (κ2) is 7.43. The number of benzene rings is 2. The molecule has 2 aromatic carbocycles. The van der Waals surface area contributed by atoms with E-state index >= 15 is 0 Å². The Labute approximate surface area is 169 Å². The van der Waals surface area contributed by atoms with Crippen LogP contribution >= 0.6 is 27.3 Å². The van der Waals surface area contributed by atoms with Gasteiger partial charge in [-0.05, 0) is 58.7 Å². The van der Waals surface area contributed by atoms with Gasteiger partial charge in [-0.15, -0.1) is 11.3 Å². The largest absolute Gasteiger partial charge is 0.454 e. The summed E-state index contributed by atoms with van der Waals surface area (Å²) in [5.74, 6) is 1.45. The van der Waals surface area contributed by atoms with Crippen molar-refractivity contribution < 1.29 is 9.47 Å². The zero-order valence-electron chi connectivity index (χ0n) is 14.3. The first-order chi connectivity index (χ1) is 13.1. The van der Waals surface area contributed by atoms with Gasteiger partial charge in [-0.1, -0.05) is 6.07 Å². The zero-order chi connectivity index (χ0) is 18.8. The molecule has 27 heavy (non-hydrogen) atoms. The summed E-state index contributed by atoms with van der Waals surface area (Å²) in [5, 5.41) is 15.3. The van der Waals surface area contributed by atoms with Crippen LogP contribution in [0, 0.1) is 18.3 Å². The van der Waals surface area contributed by atoms with E-state index < -0.39 is 0 Å². The van der Waals surface area contributed by atoms with Crippen molar-refractivity contribution in [1.29, 1.82) is 5.26 Å². The summed E-state index contributed by atoms with van der Waals surface area (Å²) < 4.78 is 11.7. The van der Waals surface area contributed by atoms with Crippen LogP contribution in [0.3, 0.4) is 0 Å². The Morgan fingerprint density at radius 1 is 1.26 bits per heavy atom. The van der Waals surface area contributed by atoms with Gasteiger partial charge in [0.1, 0.15) is 16.6 Å². The van der Waals surface area contributed by atoms with Crippen molar-refractivity contribution in [2.45, 2.75) is 6.92 Å². The monoisotopic (exact) mass is 439 g/mol. The molecule has 3 aromatic rings. The molecule has 4 rings (SSSR count). The minimum atomic E-state index is 0.239. The van der Waals surface area contributed by atoms with E-state index in [1.54, 1.807) is 6.20 Å². The Balaban J connectivity index is 1.58. The number of halogens is 1. The molecule has 1 aliphatic heterocycles. The molecule has 1 aromatic heterocycles. The maximum atomic E-state index is 9.54. The first kappa shape index (κ1) is 17.6. The summed E-state index contributed by atoms with van der Waals surface area (Å²) in [7, 11) is 0. The molecular weight excluding hydrogens is 426 g/mol. The third-order valence-electron chi connectivity index (χ3n) is 4.02. The molecule has 7 heteroatoms. The molecule has 1 aliphatic rings. The van der Waals surface area contributed by atoms with Gasteiger partial charge in [-0.3, -0.25) is 0 Å². The quantitative estimate of drug-likeness (QED) is 0.536. The molecule has 0 unspecified atom stereocenters. The number of ether oxygens (including phenoxy) is 2. The fraction of sp³-hybridized carbons (Fsp3) is 0.100. The Kier molecular flexibility index (Phi) is 4.84. The van der Waals surface area contributed by atoms with Gasteiger partial charge in [0.2, 0.25) is 6.79 Å². The third-order valence-corrected chi connectivity index (χ3v) is 5.55. The summed E-state index contributed by atoms with van der Waals surface area (Å²) in [6.07, 6.45) is 1.68. The van der Waals surface area contributed by atoms with E-state index in [0.717, 1.165) is 32.7 Å². The van der Waals surface area contributed by atoms with Crippen LogP contribution < -0.4 is 14.8 Å². The highest BCUT2D eigenvalue weighted by Gasteiger charge is 2.16. The first-order valence-electron chi connectivity index (χ1n) is 8.13. The van der Waals surface area contributed by atoms with Gasteiger partial charge in [0, 0.05) is 21.6 Å². The summed E-state index contributed by atoms with van der Waals surface area (Å²) in [6.45, 7) is 2.26. The van der Waals surface area contributed by atoms with E-state index in [0.29, 0.717) is 16.3 Å². The van der Waals surface area contributed by atoms with Crippen LogP contribution in [0.25, 0.3) is 16.8 Å². The third kappa shape index (κ3) is 3.68. The number of nitrogens with zero attached hydrogens (tertiary/aromatic N) is 2. The van der Waals surface area contributed by atoms with E-state index in [4.69, 9.17) is 9.47 Å². The molecule has 0 bridgehead atoms. The number of hydrogen-bond acceptors (Lipinski definition) is 6. The second-order valence-electron chi connectivity index (χ2n) is 5.90. The Hall–Kier alpha value is -2.82. The van der Waals surface area contributed by atoms with E-state index in [9.17, 15) is 5.26 Å². The predicted molar refractivity (Wildman–Crippen MR) is 110 cm³/mol. The smallest absolute Gasteiger partial charge is 0.231 e. The van der Waals surface area contributed by atoms with Crippen molar-refractivity contribution in [3.05, 3.63) is 63.0 Å². The number of fused-ring (bicyclic) bond motifs is 1. The number of nitriles is 1. The van der Waals surface area contributed by atoms with Crippen molar-refractivity contribution in [1.82, 2.24) is 4.98 Å². The fourth-order valence-electron chi connectivity index (χ4n) is 2.61. The van der Waals surface area contributed by atoms with Crippen LogP contribution in [-0.4, -0.2) is 11.8 Å².